The van der Waals surface area contributed by atoms with Crippen LogP contribution in [0.3, 0.4) is 0 Å². The summed E-state index contributed by atoms with van der Waals surface area (Å²) in [6.45, 7) is 1.97. The Kier molecular flexibility index (Phi) is 5.89. The van der Waals surface area contributed by atoms with Crippen LogP contribution in [-0.4, -0.2) is 40.9 Å². The van der Waals surface area contributed by atoms with Crippen molar-refractivity contribution in [1.82, 2.24) is 9.88 Å². The van der Waals surface area contributed by atoms with E-state index in [9.17, 15) is 15.2 Å². The molecule has 2 N–H and O–H groups in total. The van der Waals surface area contributed by atoms with Crippen molar-refractivity contribution in [3.8, 4) is 6.07 Å². The van der Waals surface area contributed by atoms with Crippen LogP contribution in [0.15, 0.2) is 24.4 Å². The van der Waals surface area contributed by atoms with Crippen molar-refractivity contribution in [3.05, 3.63) is 35.5 Å². The molecule has 1 aliphatic carbocycles. The lowest BCUT2D eigenvalue weighted by molar-refractivity contribution is -0.182. The Hall–Kier alpha value is -2.36. The molecule has 1 aromatic heterocycles. The molecule has 0 atom stereocenters. The highest BCUT2D eigenvalue weighted by Gasteiger charge is 2.35. The van der Waals surface area contributed by atoms with Gasteiger partial charge in [0, 0.05) is 24.7 Å². The minimum Gasteiger partial charge on any atom is -0.385 e. The summed E-state index contributed by atoms with van der Waals surface area (Å²) in [6.07, 6.45) is 9.80. The Bertz CT molecular complexity index is 915. The number of aryl methyl sites for hydroxylation is 1. The van der Waals surface area contributed by atoms with Gasteiger partial charge in [-0.25, -0.2) is 0 Å². The molecule has 29 heavy (non-hydrogen) atoms. The van der Waals surface area contributed by atoms with Gasteiger partial charge in [0.2, 0.25) is 0 Å². The molecule has 2 heterocycles. The number of amides is 1. The Morgan fingerprint density at radius 3 is 2.69 bits per heavy atom. The van der Waals surface area contributed by atoms with Crippen LogP contribution in [0.1, 0.15) is 60.9 Å². The molecule has 1 aromatic carbocycles. The van der Waals surface area contributed by atoms with Gasteiger partial charge in [-0.3, -0.25) is 4.79 Å². The third-order valence-corrected chi connectivity index (χ3v) is 6.36. The van der Waals surface area contributed by atoms with Gasteiger partial charge in [-0.2, -0.15) is 5.26 Å². The molecular formula is C23H29N3O3. The van der Waals surface area contributed by atoms with Gasteiger partial charge in [-0.15, -0.1) is 0 Å². The van der Waals surface area contributed by atoms with E-state index in [4.69, 9.17) is 4.74 Å². The zero-order valence-corrected chi connectivity index (χ0v) is 16.8. The van der Waals surface area contributed by atoms with Crippen LogP contribution < -0.4 is 5.32 Å². The van der Waals surface area contributed by atoms with E-state index in [1.165, 1.54) is 38.5 Å². The minimum atomic E-state index is -0.786. The highest BCUT2D eigenvalue weighted by atomic mass is 16.5. The summed E-state index contributed by atoms with van der Waals surface area (Å²) in [4.78, 5) is 13.0. The van der Waals surface area contributed by atoms with Gasteiger partial charge in [0.1, 0.15) is 5.60 Å². The highest BCUT2D eigenvalue weighted by molar-refractivity contribution is 6.08. The van der Waals surface area contributed by atoms with Gasteiger partial charge in [0.05, 0.1) is 35.9 Å². The molecule has 2 fully saturated rings. The summed E-state index contributed by atoms with van der Waals surface area (Å²) in [6, 6.07) is 7.75. The monoisotopic (exact) mass is 395 g/mol. The maximum atomic E-state index is 13.0. The Morgan fingerprint density at radius 1 is 1.28 bits per heavy atom. The normalized spacial score (nSPS) is 19.3. The van der Waals surface area contributed by atoms with Crippen molar-refractivity contribution in [2.45, 2.75) is 57.1 Å². The number of ether oxygens (including phenoxy) is 1. The van der Waals surface area contributed by atoms with Crippen LogP contribution in [-0.2, 0) is 11.3 Å². The lowest BCUT2D eigenvalue weighted by Crippen LogP contribution is -2.50. The van der Waals surface area contributed by atoms with Crippen molar-refractivity contribution in [3.63, 3.8) is 0 Å². The smallest absolute Gasteiger partial charge is 0.253 e. The summed E-state index contributed by atoms with van der Waals surface area (Å²) in [5.41, 5.74) is 1.12. The summed E-state index contributed by atoms with van der Waals surface area (Å²) in [7, 11) is 0. The molecule has 1 saturated heterocycles. The number of nitriles is 1. The molecule has 1 saturated carbocycles. The van der Waals surface area contributed by atoms with E-state index >= 15 is 0 Å². The van der Waals surface area contributed by atoms with E-state index in [0.717, 1.165) is 5.52 Å². The number of carbonyl (C=O) groups excluding carboxylic acids is 1. The first-order chi connectivity index (χ1) is 14.1. The number of hydrogen-bond acceptors (Lipinski definition) is 4. The van der Waals surface area contributed by atoms with E-state index in [1.807, 2.05) is 22.9 Å². The standard InChI is InChI=1S/C23H29N3O3/c24-12-18-8-5-9-20-21(18)19(14-26(20)11-10-23(28)15-29-16-23)22(27)25-13-17-6-3-1-2-4-7-17/h5,8-9,14,17,28H,1-4,6-7,10-11,13,15-16H2,(H,25,27). The number of carbonyl (C=O) groups is 1. The SMILES string of the molecule is N#Cc1cccc2c1c(C(=O)NCC1CCCCCC1)cn2CCC1(O)COC1. The lowest BCUT2D eigenvalue weighted by Gasteiger charge is -2.36. The van der Waals surface area contributed by atoms with Crippen LogP contribution >= 0.6 is 0 Å². The van der Waals surface area contributed by atoms with Gasteiger partial charge >= 0.3 is 0 Å². The number of nitrogens with zero attached hydrogens (tertiary/aromatic N) is 2. The number of aliphatic hydroxyl groups is 1. The molecule has 0 unspecified atom stereocenters. The van der Waals surface area contributed by atoms with E-state index in [1.54, 1.807) is 6.07 Å². The van der Waals surface area contributed by atoms with Gasteiger partial charge < -0.3 is 19.7 Å². The molecule has 2 aromatic rings. The van der Waals surface area contributed by atoms with Crippen molar-refractivity contribution in [1.29, 1.82) is 5.26 Å². The van der Waals surface area contributed by atoms with Crippen molar-refractivity contribution in [2.75, 3.05) is 19.8 Å². The van der Waals surface area contributed by atoms with E-state index < -0.39 is 5.60 Å². The van der Waals surface area contributed by atoms with E-state index in [2.05, 4.69) is 11.4 Å². The fraction of sp³-hybridized carbons (Fsp3) is 0.565. The van der Waals surface area contributed by atoms with Gasteiger partial charge in [-0.05, 0) is 37.3 Å². The van der Waals surface area contributed by atoms with Crippen molar-refractivity contribution < 1.29 is 14.6 Å². The summed E-state index contributed by atoms with van der Waals surface area (Å²) < 4.78 is 7.10. The fourth-order valence-electron chi connectivity index (χ4n) is 4.51. The predicted molar refractivity (Wildman–Crippen MR) is 111 cm³/mol. The van der Waals surface area contributed by atoms with Crippen LogP contribution in [0.2, 0.25) is 0 Å². The number of fused-ring (bicyclic) bond motifs is 1. The first-order valence-corrected chi connectivity index (χ1v) is 10.7. The second kappa shape index (κ2) is 8.56. The maximum Gasteiger partial charge on any atom is 0.253 e. The quantitative estimate of drug-likeness (QED) is 0.734. The molecule has 0 spiro atoms. The largest absolute Gasteiger partial charge is 0.385 e. The number of rotatable bonds is 6. The van der Waals surface area contributed by atoms with Crippen LogP contribution in [0.25, 0.3) is 10.9 Å². The van der Waals surface area contributed by atoms with Crippen molar-refractivity contribution >= 4 is 16.8 Å². The van der Waals surface area contributed by atoms with E-state index in [-0.39, 0.29) is 5.91 Å². The Labute approximate surface area is 171 Å². The molecule has 6 heteroatoms. The number of aromatic nitrogens is 1. The summed E-state index contributed by atoms with van der Waals surface area (Å²) in [5, 5.41) is 23.7. The Morgan fingerprint density at radius 2 is 2.03 bits per heavy atom. The second-order valence-corrected chi connectivity index (χ2v) is 8.58. The first-order valence-electron chi connectivity index (χ1n) is 10.7. The average Bonchev–Trinajstić information content (AvgIpc) is 2.89. The molecule has 6 nitrogen and oxygen atoms in total. The number of hydrogen-bond donors (Lipinski definition) is 2. The molecule has 1 aliphatic heterocycles. The van der Waals surface area contributed by atoms with Crippen LogP contribution in [0.5, 0.6) is 0 Å². The minimum absolute atomic E-state index is 0.119. The van der Waals surface area contributed by atoms with E-state index in [0.29, 0.717) is 55.2 Å². The topological polar surface area (TPSA) is 87.3 Å². The maximum absolute atomic E-state index is 13.0. The van der Waals surface area contributed by atoms with Crippen LogP contribution in [0, 0.1) is 17.2 Å². The lowest BCUT2D eigenvalue weighted by atomic mass is 9.98. The molecule has 2 aliphatic rings. The third-order valence-electron chi connectivity index (χ3n) is 6.36. The van der Waals surface area contributed by atoms with Gasteiger partial charge in [0.25, 0.3) is 5.91 Å². The van der Waals surface area contributed by atoms with Crippen LogP contribution in [0.4, 0.5) is 0 Å². The zero-order valence-electron chi connectivity index (χ0n) is 16.8. The molecule has 154 valence electrons. The molecule has 0 bridgehead atoms. The number of nitrogens with one attached hydrogen (secondary N) is 1. The molecule has 0 radical (unpaired) electrons. The van der Waals surface area contributed by atoms with Crippen molar-refractivity contribution in [2.24, 2.45) is 5.92 Å². The molecular weight excluding hydrogens is 366 g/mol. The second-order valence-electron chi connectivity index (χ2n) is 8.58. The Balaban J connectivity index is 1.55. The highest BCUT2D eigenvalue weighted by Crippen LogP contribution is 2.28. The third kappa shape index (κ3) is 4.31. The summed E-state index contributed by atoms with van der Waals surface area (Å²) in [5.74, 6) is 0.421. The fourth-order valence-corrected chi connectivity index (χ4v) is 4.51. The molecule has 1 amide bonds. The zero-order chi connectivity index (χ0) is 20.3. The predicted octanol–water partition coefficient (Wildman–Crippen LogP) is 3.36. The van der Waals surface area contributed by atoms with Gasteiger partial charge in [0.15, 0.2) is 0 Å². The summed E-state index contributed by atoms with van der Waals surface area (Å²) >= 11 is 0. The number of benzene rings is 1. The average molecular weight is 396 g/mol. The first kappa shape index (κ1) is 19.9. The molecule has 4 rings (SSSR count). The van der Waals surface area contributed by atoms with Gasteiger partial charge in [-0.1, -0.05) is 31.7 Å².